The van der Waals surface area contributed by atoms with Gasteiger partial charge in [0.25, 0.3) is 5.91 Å². The summed E-state index contributed by atoms with van der Waals surface area (Å²) in [5.41, 5.74) is 6.71. The number of nitrogens with two attached hydrogens (primary N) is 1. The van der Waals surface area contributed by atoms with Crippen molar-refractivity contribution in [3.63, 3.8) is 0 Å². The Morgan fingerprint density at radius 1 is 1.23 bits per heavy atom. The van der Waals surface area contributed by atoms with E-state index in [1.54, 1.807) is 19.2 Å². The molecule has 2 atom stereocenters. The quantitative estimate of drug-likeness (QED) is 0.681. The number of benzene rings is 1. The van der Waals surface area contributed by atoms with E-state index in [0.29, 0.717) is 34.0 Å². The van der Waals surface area contributed by atoms with E-state index >= 15 is 0 Å². The van der Waals surface area contributed by atoms with Crippen LogP contribution in [0.5, 0.6) is 5.75 Å². The van der Waals surface area contributed by atoms with Crippen LogP contribution in [0.15, 0.2) is 12.1 Å². The molecule has 144 valence electrons. The monoisotopic (exact) mass is 379 g/mol. The third kappa shape index (κ3) is 4.44. The van der Waals surface area contributed by atoms with Gasteiger partial charge in [-0.25, -0.2) is 0 Å². The standard InChI is InChI=1S/C20H30ClN3O2/c1-26-18-12-16(22)15(21)11-14(18)20(25)24-19(13-7-3-2-4-8-13)17-9-5-6-10-23-17/h11-13,17,19,23H,2-10,22H2,1H3,(H,24,25). The lowest BCUT2D eigenvalue weighted by Gasteiger charge is -2.38. The Morgan fingerprint density at radius 3 is 2.62 bits per heavy atom. The molecule has 6 heteroatoms. The molecule has 1 aliphatic carbocycles. The first-order valence-electron chi connectivity index (χ1n) is 9.77. The van der Waals surface area contributed by atoms with Crippen LogP contribution in [-0.4, -0.2) is 31.6 Å². The predicted octanol–water partition coefficient (Wildman–Crippen LogP) is 3.75. The molecule has 26 heavy (non-hydrogen) atoms. The molecule has 1 aromatic carbocycles. The molecule has 1 saturated carbocycles. The van der Waals surface area contributed by atoms with E-state index in [0.717, 1.165) is 13.0 Å². The van der Waals surface area contributed by atoms with Gasteiger partial charge < -0.3 is 21.1 Å². The summed E-state index contributed by atoms with van der Waals surface area (Å²) in [7, 11) is 1.54. The molecule has 1 aromatic rings. The van der Waals surface area contributed by atoms with E-state index in [4.69, 9.17) is 22.1 Å². The maximum absolute atomic E-state index is 13.1. The maximum atomic E-state index is 13.1. The van der Waals surface area contributed by atoms with Crippen molar-refractivity contribution in [3.8, 4) is 5.75 Å². The number of carbonyl (C=O) groups excluding carboxylic acids is 1. The molecule has 2 unspecified atom stereocenters. The highest BCUT2D eigenvalue weighted by Gasteiger charge is 2.33. The molecule has 3 rings (SSSR count). The predicted molar refractivity (Wildman–Crippen MR) is 106 cm³/mol. The van der Waals surface area contributed by atoms with Crippen molar-refractivity contribution in [2.75, 3.05) is 19.4 Å². The molecule has 5 nitrogen and oxygen atoms in total. The van der Waals surface area contributed by atoms with Gasteiger partial charge in [0.15, 0.2) is 0 Å². The smallest absolute Gasteiger partial charge is 0.255 e. The Balaban J connectivity index is 1.81. The summed E-state index contributed by atoms with van der Waals surface area (Å²) < 4.78 is 5.36. The minimum absolute atomic E-state index is 0.133. The van der Waals surface area contributed by atoms with E-state index in [2.05, 4.69) is 10.6 Å². The second kappa shape index (κ2) is 8.96. The van der Waals surface area contributed by atoms with Gasteiger partial charge >= 0.3 is 0 Å². The number of halogens is 1. The summed E-state index contributed by atoms with van der Waals surface area (Å²) in [5, 5.41) is 7.32. The fourth-order valence-corrected chi connectivity index (χ4v) is 4.53. The van der Waals surface area contributed by atoms with Crippen molar-refractivity contribution in [2.45, 2.75) is 63.5 Å². The summed E-state index contributed by atoms with van der Waals surface area (Å²) in [6.45, 7) is 1.03. The van der Waals surface area contributed by atoms with E-state index in [-0.39, 0.29) is 11.9 Å². The Hall–Kier alpha value is -1.46. The zero-order chi connectivity index (χ0) is 18.5. The first-order chi connectivity index (χ1) is 12.6. The van der Waals surface area contributed by atoms with Crippen LogP contribution in [0.25, 0.3) is 0 Å². The van der Waals surface area contributed by atoms with Crippen molar-refractivity contribution >= 4 is 23.2 Å². The van der Waals surface area contributed by atoms with Crippen LogP contribution in [-0.2, 0) is 0 Å². The summed E-state index contributed by atoms with van der Waals surface area (Å²) in [4.78, 5) is 13.1. The van der Waals surface area contributed by atoms with Crippen LogP contribution >= 0.6 is 11.6 Å². The number of nitrogen functional groups attached to an aromatic ring is 1. The van der Waals surface area contributed by atoms with Crippen LogP contribution in [0, 0.1) is 5.92 Å². The Morgan fingerprint density at radius 2 is 1.96 bits per heavy atom. The molecule has 1 amide bonds. The maximum Gasteiger partial charge on any atom is 0.255 e. The zero-order valence-corrected chi connectivity index (χ0v) is 16.3. The molecule has 0 radical (unpaired) electrons. The van der Waals surface area contributed by atoms with Gasteiger partial charge in [-0.2, -0.15) is 0 Å². The zero-order valence-electron chi connectivity index (χ0n) is 15.5. The number of hydrogen-bond acceptors (Lipinski definition) is 4. The second-order valence-corrected chi connectivity index (χ2v) is 7.93. The number of piperidine rings is 1. The highest BCUT2D eigenvalue weighted by atomic mass is 35.5. The van der Waals surface area contributed by atoms with Gasteiger partial charge in [-0.05, 0) is 44.2 Å². The third-order valence-electron chi connectivity index (χ3n) is 5.80. The lowest BCUT2D eigenvalue weighted by atomic mass is 9.79. The lowest BCUT2D eigenvalue weighted by molar-refractivity contribution is 0.0881. The number of carbonyl (C=O) groups is 1. The van der Waals surface area contributed by atoms with Crippen molar-refractivity contribution in [1.82, 2.24) is 10.6 Å². The third-order valence-corrected chi connectivity index (χ3v) is 6.13. The van der Waals surface area contributed by atoms with Crippen molar-refractivity contribution in [1.29, 1.82) is 0 Å². The Labute approximate surface area is 161 Å². The second-order valence-electron chi connectivity index (χ2n) is 7.53. The van der Waals surface area contributed by atoms with Gasteiger partial charge in [0.1, 0.15) is 5.75 Å². The topological polar surface area (TPSA) is 76.4 Å². The van der Waals surface area contributed by atoms with Crippen molar-refractivity contribution in [3.05, 3.63) is 22.7 Å². The Kier molecular flexibility index (Phi) is 6.65. The molecule has 1 aliphatic heterocycles. The van der Waals surface area contributed by atoms with Gasteiger partial charge in [0, 0.05) is 18.2 Å². The average molecular weight is 380 g/mol. The van der Waals surface area contributed by atoms with E-state index in [1.807, 2.05) is 0 Å². The molecule has 0 spiro atoms. The number of rotatable bonds is 5. The van der Waals surface area contributed by atoms with Crippen LogP contribution < -0.4 is 21.1 Å². The minimum atomic E-state index is -0.133. The molecule has 2 fully saturated rings. The largest absolute Gasteiger partial charge is 0.496 e. The van der Waals surface area contributed by atoms with Crippen LogP contribution in [0.3, 0.4) is 0 Å². The fourth-order valence-electron chi connectivity index (χ4n) is 4.37. The molecule has 1 heterocycles. The van der Waals surface area contributed by atoms with Crippen LogP contribution in [0.2, 0.25) is 5.02 Å². The molecule has 0 bridgehead atoms. The van der Waals surface area contributed by atoms with Gasteiger partial charge in [-0.3, -0.25) is 4.79 Å². The van der Waals surface area contributed by atoms with Crippen molar-refractivity contribution < 1.29 is 9.53 Å². The van der Waals surface area contributed by atoms with Crippen molar-refractivity contribution in [2.24, 2.45) is 5.92 Å². The number of anilines is 1. The SMILES string of the molecule is COc1cc(N)c(Cl)cc1C(=O)NC(C1CCCCC1)C1CCCCN1. The molecular weight excluding hydrogens is 350 g/mol. The first-order valence-corrected chi connectivity index (χ1v) is 10.1. The van der Waals surface area contributed by atoms with E-state index in [9.17, 15) is 4.79 Å². The van der Waals surface area contributed by atoms with Gasteiger partial charge in [0.05, 0.1) is 23.4 Å². The average Bonchev–Trinajstić information content (AvgIpc) is 2.69. The highest BCUT2D eigenvalue weighted by Crippen LogP contribution is 2.32. The summed E-state index contributed by atoms with van der Waals surface area (Å²) in [5.74, 6) is 0.855. The highest BCUT2D eigenvalue weighted by molar-refractivity contribution is 6.33. The molecule has 0 aromatic heterocycles. The van der Waals surface area contributed by atoms with E-state index in [1.165, 1.54) is 44.9 Å². The number of amides is 1. The minimum Gasteiger partial charge on any atom is -0.496 e. The molecule has 2 aliphatic rings. The lowest BCUT2D eigenvalue weighted by Crippen LogP contribution is -2.55. The summed E-state index contributed by atoms with van der Waals surface area (Å²) >= 11 is 6.15. The number of ether oxygens (including phenoxy) is 1. The van der Waals surface area contributed by atoms with Crippen LogP contribution in [0.1, 0.15) is 61.7 Å². The number of hydrogen-bond donors (Lipinski definition) is 3. The molecule has 1 saturated heterocycles. The number of nitrogens with one attached hydrogen (secondary N) is 2. The normalized spacial score (nSPS) is 22.6. The number of methoxy groups -OCH3 is 1. The van der Waals surface area contributed by atoms with Gasteiger partial charge in [0.2, 0.25) is 0 Å². The first kappa shape index (κ1) is 19.3. The molecule has 4 N–H and O–H groups in total. The summed E-state index contributed by atoms with van der Waals surface area (Å²) in [6.07, 6.45) is 9.71. The molecular formula is C20H30ClN3O2. The van der Waals surface area contributed by atoms with Gasteiger partial charge in [-0.15, -0.1) is 0 Å². The van der Waals surface area contributed by atoms with Gasteiger partial charge in [-0.1, -0.05) is 37.3 Å². The summed E-state index contributed by atoms with van der Waals surface area (Å²) in [6, 6.07) is 3.71. The fraction of sp³-hybridized carbons (Fsp3) is 0.650. The van der Waals surface area contributed by atoms with E-state index < -0.39 is 0 Å². The Bertz CT molecular complexity index is 608. The van der Waals surface area contributed by atoms with Crippen LogP contribution in [0.4, 0.5) is 5.69 Å².